The van der Waals surface area contributed by atoms with E-state index in [-0.39, 0.29) is 18.4 Å². The summed E-state index contributed by atoms with van der Waals surface area (Å²) >= 11 is 0. The highest BCUT2D eigenvalue weighted by atomic mass is 16.4. The first-order valence-corrected chi connectivity index (χ1v) is 6.57. The number of hydrogen-bond donors (Lipinski definition) is 2. The van der Waals surface area contributed by atoms with Crippen molar-refractivity contribution in [2.75, 3.05) is 0 Å². The van der Waals surface area contributed by atoms with Gasteiger partial charge in [-0.1, -0.05) is 39.0 Å². The Kier molecular flexibility index (Phi) is 9.49. The highest BCUT2D eigenvalue weighted by molar-refractivity contribution is 5.77. The molecule has 17 heavy (non-hydrogen) atoms. The maximum atomic E-state index is 11.4. The number of unbranched alkanes of at least 4 members (excludes halogenated alkanes) is 5. The summed E-state index contributed by atoms with van der Waals surface area (Å²) in [5, 5.41) is 11.2. The second-order valence-corrected chi connectivity index (χ2v) is 4.58. The first-order valence-electron chi connectivity index (χ1n) is 6.57. The fourth-order valence-corrected chi connectivity index (χ4v) is 1.73. The van der Waals surface area contributed by atoms with Gasteiger partial charge >= 0.3 is 5.97 Å². The van der Waals surface area contributed by atoms with E-state index in [2.05, 4.69) is 12.2 Å². The molecule has 0 aliphatic rings. The third-order valence-electron chi connectivity index (χ3n) is 2.65. The molecule has 1 atom stereocenters. The van der Waals surface area contributed by atoms with E-state index in [1.54, 1.807) is 6.92 Å². The van der Waals surface area contributed by atoms with Gasteiger partial charge in [0.2, 0.25) is 5.91 Å². The Morgan fingerprint density at radius 2 is 1.71 bits per heavy atom. The molecular weight excluding hydrogens is 218 g/mol. The summed E-state index contributed by atoms with van der Waals surface area (Å²) in [7, 11) is 0. The predicted octanol–water partition coefficient (Wildman–Crippen LogP) is 2.72. The van der Waals surface area contributed by atoms with Crippen LogP contribution in [0.1, 0.15) is 65.2 Å². The van der Waals surface area contributed by atoms with Crippen molar-refractivity contribution in [2.45, 2.75) is 71.3 Å². The van der Waals surface area contributed by atoms with Crippen LogP contribution in [0.5, 0.6) is 0 Å². The van der Waals surface area contributed by atoms with Crippen LogP contribution < -0.4 is 5.32 Å². The van der Waals surface area contributed by atoms with Gasteiger partial charge < -0.3 is 10.4 Å². The molecule has 0 bridgehead atoms. The zero-order chi connectivity index (χ0) is 13.1. The second-order valence-electron chi connectivity index (χ2n) is 4.58. The minimum atomic E-state index is -0.877. The zero-order valence-corrected chi connectivity index (χ0v) is 11.0. The largest absolute Gasteiger partial charge is 0.481 e. The van der Waals surface area contributed by atoms with Crippen LogP contribution in [-0.4, -0.2) is 23.0 Å². The van der Waals surface area contributed by atoms with Crippen LogP contribution in [-0.2, 0) is 9.59 Å². The van der Waals surface area contributed by atoms with Gasteiger partial charge in [-0.25, -0.2) is 0 Å². The summed E-state index contributed by atoms with van der Waals surface area (Å²) in [6.07, 6.45) is 7.41. The number of nitrogens with one attached hydrogen (secondary N) is 1. The molecular formula is C13H25NO3. The van der Waals surface area contributed by atoms with Crippen LogP contribution in [0.4, 0.5) is 0 Å². The zero-order valence-electron chi connectivity index (χ0n) is 11.0. The van der Waals surface area contributed by atoms with E-state index in [4.69, 9.17) is 5.11 Å². The molecule has 100 valence electrons. The average Bonchev–Trinajstić information content (AvgIpc) is 2.21. The Morgan fingerprint density at radius 1 is 1.12 bits per heavy atom. The monoisotopic (exact) mass is 243 g/mol. The van der Waals surface area contributed by atoms with Crippen LogP contribution in [0.25, 0.3) is 0 Å². The molecule has 4 heteroatoms. The van der Waals surface area contributed by atoms with Gasteiger partial charge in [0.15, 0.2) is 0 Å². The topological polar surface area (TPSA) is 66.4 Å². The minimum Gasteiger partial charge on any atom is -0.481 e. The van der Waals surface area contributed by atoms with Crippen molar-refractivity contribution < 1.29 is 14.7 Å². The Hall–Kier alpha value is -1.06. The number of carboxylic acids is 1. The Bertz CT molecular complexity index is 229. The first-order chi connectivity index (χ1) is 8.06. The fraction of sp³-hybridized carbons (Fsp3) is 0.846. The number of rotatable bonds is 10. The van der Waals surface area contributed by atoms with Gasteiger partial charge in [-0.15, -0.1) is 0 Å². The fourth-order valence-electron chi connectivity index (χ4n) is 1.73. The van der Waals surface area contributed by atoms with Crippen molar-refractivity contribution in [3.63, 3.8) is 0 Å². The maximum Gasteiger partial charge on any atom is 0.305 e. The lowest BCUT2D eigenvalue weighted by molar-refractivity contribution is -0.137. The molecule has 0 saturated heterocycles. The van der Waals surface area contributed by atoms with Gasteiger partial charge in [0.1, 0.15) is 0 Å². The maximum absolute atomic E-state index is 11.4. The van der Waals surface area contributed by atoms with Crippen molar-refractivity contribution in [3.8, 4) is 0 Å². The molecule has 0 radical (unpaired) electrons. The third kappa shape index (κ3) is 11.2. The Balaban J connectivity index is 3.43. The summed E-state index contributed by atoms with van der Waals surface area (Å²) in [4.78, 5) is 21.8. The molecule has 1 amide bonds. The molecule has 0 spiro atoms. The van der Waals surface area contributed by atoms with Gasteiger partial charge in [-0.2, -0.15) is 0 Å². The molecule has 0 aromatic rings. The average molecular weight is 243 g/mol. The number of hydrogen-bond acceptors (Lipinski definition) is 2. The van der Waals surface area contributed by atoms with Crippen LogP contribution in [0.15, 0.2) is 0 Å². The van der Waals surface area contributed by atoms with Gasteiger partial charge in [0, 0.05) is 12.5 Å². The second kappa shape index (κ2) is 10.1. The van der Waals surface area contributed by atoms with Gasteiger partial charge in [0.05, 0.1) is 6.42 Å². The number of carbonyl (C=O) groups excluding carboxylic acids is 1. The van der Waals surface area contributed by atoms with Crippen molar-refractivity contribution in [1.29, 1.82) is 0 Å². The molecule has 0 aliphatic heterocycles. The number of carbonyl (C=O) groups is 2. The Labute approximate surface area is 104 Å². The molecule has 4 nitrogen and oxygen atoms in total. The first kappa shape index (κ1) is 15.9. The lowest BCUT2D eigenvalue weighted by Gasteiger charge is -2.11. The number of carboxylic acid groups (broad SMARTS) is 1. The molecule has 0 rings (SSSR count). The number of aliphatic carboxylic acids is 1. The van der Waals surface area contributed by atoms with E-state index in [1.807, 2.05) is 0 Å². The molecule has 0 saturated carbocycles. The van der Waals surface area contributed by atoms with Crippen LogP contribution in [0.3, 0.4) is 0 Å². The van der Waals surface area contributed by atoms with Crippen molar-refractivity contribution in [1.82, 2.24) is 5.32 Å². The Morgan fingerprint density at radius 3 is 2.29 bits per heavy atom. The van der Waals surface area contributed by atoms with Crippen molar-refractivity contribution >= 4 is 11.9 Å². The van der Waals surface area contributed by atoms with Crippen LogP contribution in [0, 0.1) is 0 Å². The lowest BCUT2D eigenvalue weighted by atomic mass is 10.1. The quantitative estimate of drug-likeness (QED) is 0.580. The van der Waals surface area contributed by atoms with E-state index in [1.165, 1.54) is 25.7 Å². The molecule has 2 N–H and O–H groups in total. The number of amides is 1. The van der Waals surface area contributed by atoms with E-state index < -0.39 is 5.97 Å². The van der Waals surface area contributed by atoms with E-state index in [0.29, 0.717) is 6.42 Å². The smallest absolute Gasteiger partial charge is 0.305 e. The molecule has 0 aliphatic carbocycles. The minimum absolute atomic E-state index is 0.0117. The van der Waals surface area contributed by atoms with Crippen LogP contribution in [0.2, 0.25) is 0 Å². The van der Waals surface area contributed by atoms with Gasteiger partial charge in [0.25, 0.3) is 0 Å². The van der Waals surface area contributed by atoms with Crippen molar-refractivity contribution in [3.05, 3.63) is 0 Å². The molecule has 0 fully saturated rings. The summed E-state index contributed by atoms with van der Waals surface area (Å²) in [6.45, 7) is 3.89. The molecule has 0 heterocycles. The lowest BCUT2D eigenvalue weighted by Crippen LogP contribution is -2.33. The van der Waals surface area contributed by atoms with Crippen LogP contribution >= 0.6 is 0 Å². The summed E-state index contributed by atoms with van der Waals surface area (Å²) < 4.78 is 0. The van der Waals surface area contributed by atoms with E-state index in [9.17, 15) is 9.59 Å². The van der Waals surface area contributed by atoms with Gasteiger partial charge in [-0.3, -0.25) is 9.59 Å². The van der Waals surface area contributed by atoms with Gasteiger partial charge in [-0.05, 0) is 13.3 Å². The highest BCUT2D eigenvalue weighted by Gasteiger charge is 2.10. The summed E-state index contributed by atoms with van der Waals surface area (Å²) in [5.74, 6) is -0.911. The third-order valence-corrected chi connectivity index (χ3v) is 2.65. The normalized spacial score (nSPS) is 12.1. The highest BCUT2D eigenvalue weighted by Crippen LogP contribution is 2.06. The van der Waals surface area contributed by atoms with E-state index in [0.717, 1.165) is 12.8 Å². The van der Waals surface area contributed by atoms with Crippen molar-refractivity contribution in [2.24, 2.45) is 0 Å². The molecule has 1 unspecified atom stereocenters. The molecule has 0 aromatic heterocycles. The summed E-state index contributed by atoms with van der Waals surface area (Å²) in [6, 6.07) is -0.278. The van der Waals surface area contributed by atoms with E-state index >= 15 is 0 Å². The standard InChI is InChI=1S/C13H25NO3/c1-3-4-5-6-7-8-9-12(15)14-11(2)10-13(16)17/h11H,3-10H2,1-2H3,(H,14,15)(H,16,17). The predicted molar refractivity (Wildman–Crippen MR) is 67.9 cm³/mol. The molecule has 0 aromatic carbocycles. The SMILES string of the molecule is CCCCCCCCC(=O)NC(C)CC(=O)O. The summed E-state index contributed by atoms with van der Waals surface area (Å²) in [5.41, 5.74) is 0.